The fourth-order valence-electron chi connectivity index (χ4n) is 1.94. The van der Waals surface area contributed by atoms with Crippen molar-refractivity contribution in [2.24, 2.45) is 5.14 Å². The van der Waals surface area contributed by atoms with Crippen LogP contribution in [0, 0.1) is 17.0 Å². The lowest BCUT2D eigenvalue weighted by atomic mass is 10.1. The minimum absolute atomic E-state index is 0.0766. The van der Waals surface area contributed by atoms with Crippen molar-refractivity contribution >= 4 is 21.6 Å². The second-order valence-electron chi connectivity index (χ2n) is 4.65. The van der Waals surface area contributed by atoms with Crippen LogP contribution in [-0.4, -0.2) is 37.7 Å². The Morgan fingerprint density at radius 2 is 2.00 bits per heavy atom. The number of carbonyl (C=O) groups is 1. The fraction of sp³-hybridized carbons (Fsp3) is 0.417. The molecule has 21 heavy (non-hydrogen) atoms. The number of hydrogen-bond donors (Lipinski definition) is 1. The maximum atomic E-state index is 12.2. The molecule has 1 aromatic rings. The number of primary sulfonamides is 1. The molecule has 0 aliphatic rings. The molecule has 0 atom stereocenters. The first-order valence-electron chi connectivity index (χ1n) is 6.16. The number of benzene rings is 1. The predicted molar refractivity (Wildman–Crippen MR) is 76.5 cm³/mol. The minimum Gasteiger partial charge on any atom is -0.342 e. The number of nitrogens with zero attached hydrogens (tertiary/aromatic N) is 2. The molecule has 0 spiro atoms. The van der Waals surface area contributed by atoms with E-state index in [1.807, 2.05) is 6.92 Å². The molecule has 0 saturated heterocycles. The Bertz CT molecular complexity index is 684. The number of sulfonamides is 1. The van der Waals surface area contributed by atoms with Gasteiger partial charge in [-0.1, -0.05) is 6.92 Å². The van der Waals surface area contributed by atoms with Gasteiger partial charge in [-0.05, 0) is 19.4 Å². The van der Waals surface area contributed by atoms with Gasteiger partial charge in [-0.25, -0.2) is 13.6 Å². The van der Waals surface area contributed by atoms with Crippen molar-refractivity contribution in [2.75, 3.05) is 13.6 Å². The molecule has 1 aromatic carbocycles. The number of nitro groups is 1. The summed E-state index contributed by atoms with van der Waals surface area (Å²) in [6.45, 7) is 3.60. The number of hydrogen-bond acceptors (Lipinski definition) is 5. The number of amides is 1. The van der Waals surface area contributed by atoms with Crippen LogP contribution in [0.15, 0.2) is 17.0 Å². The fourth-order valence-corrected chi connectivity index (χ4v) is 2.76. The molecule has 9 heteroatoms. The van der Waals surface area contributed by atoms with Crippen LogP contribution in [0.2, 0.25) is 0 Å². The van der Waals surface area contributed by atoms with Gasteiger partial charge in [0.2, 0.25) is 10.0 Å². The van der Waals surface area contributed by atoms with E-state index in [0.717, 1.165) is 12.1 Å². The van der Waals surface area contributed by atoms with E-state index in [4.69, 9.17) is 5.14 Å². The Hall–Kier alpha value is -2.00. The van der Waals surface area contributed by atoms with Crippen LogP contribution < -0.4 is 5.14 Å². The molecular weight excluding hydrogens is 298 g/mol. The predicted octanol–water partition coefficient (Wildman–Crippen LogP) is 1.03. The molecule has 8 nitrogen and oxygen atoms in total. The number of rotatable bonds is 5. The van der Waals surface area contributed by atoms with E-state index in [0.29, 0.717) is 13.0 Å². The van der Waals surface area contributed by atoms with Crippen LogP contribution in [0.3, 0.4) is 0 Å². The van der Waals surface area contributed by atoms with Crippen molar-refractivity contribution in [3.05, 3.63) is 33.4 Å². The molecule has 0 bridgehead atoms. The highest BCUT2D eigenvalue weighted by atomic mass is 32.2. The largest absolute Gasteiger partial charge is 0.342 e. The molecule has 0 aliphatic carbocycles. The van der Waals surface area contributed by atoms with Gasteiger partial charge in [0.25, 0.3) is 11.6 Å². The van der Waals surface area contributed by atoms with Gasteiger partial charge in [-0.3, -0.25) is 14.9 Å². The molecule has 0 fully saturated rings. The summed E-state index contributed by atoms with van der Waals surface area (Å²) in [4.78, 5) is 23.4. The monoisotopic (exact) mass is 315 g/mol. The van der Waals surface area contributed by atoms with Gasteiger partial charge in [0.15, 0.2) is 0 Å². The van der Waals surface area contributed by atoms with E-state index < -0.39 is 31.4 Å². The second kappa shape index (κ2) is 6.19. The van der Waals surface area contributed by atoms with Crippen molar-refractivity contribution in [1.82, 2.24) is 4.90 Å². The van der Waals surface area contributed by atoms with E-state index in [9.17, 15) is 23.3 Å². The zero-order valence-corrected chi connectivity index (χ0v) is 12.8. The lowest BCUT2D eigenvalue weighted by molar-refractivity contribution is -0.385. The smallest absolute Gasteiger partial charge is 0.274 e. The van der Waals surface area contributed by atoms with Gasteiger partial charge < -0.3 is 4.90 Å². The Kier molecular flexibility index (Phi) is 5.02. The average molecular weight is 315 g/mol. The SMILES string of the molecule is CCCN(C)C(=O)c1cc([N+](=O)[O-])c(C)c(S(N)(=O)=O)c1. The van der Waals surface area contributed by atoms with Crippen molar-refractivity contribution < 1.29 is 18.1 Å². The molecule has 0 aromatic heterocycles. The van der Waals surface area contributed by atoms with Gasteiger partial charge in [0.05, 0.1) is 9.82 Å². The van der Waals surface area contributed by atoms with Crippen LogP contribution in [0.25, 0.3) is 0 Å². The van der Waals surface area contributed by atoms with Crippen LogP contribution >= 0.6 is 0 Å². The number of nitro benzene ring substituents is 1. The van der Waals surface area contributed by atoms with Gasteiger partial charge in [0, 0.05) is 30.8 Å². The number of carbonyl (C=O) groups excluding carboxylic acids is 1. The molecule has 0 aliphatic heterocycles. The molecule has 0 unspecified atom stereocenters. The number of nitrogens with two attached hydrogens (primary N) is 1. The van der Waals surface area contributed by atoms with Crippen molar-refractivity contribution in [2.45, 2.75) is 25.2 Å². The summed E-state index contributed by atoms with van der Waals surface area (Å²) in [6.07, 6.45) is 0.707. The lowest BCUT2D eigenvalue weighted by Gasteiger charge is -2.17. The molecule has 0 heterocycles. The third kappa shape index (κ3) is 3.76. The lowest BCUT2D eigenvalue weighted by Crippen LogP contribution is -2.28. The van der Waals surface area contributed by atoms with Gasteiger partial charge >= 0.3 is 0 Å². The quantitative estimate of drug-likeness (QED) is 0.642. The first-order valence-corrected chi connectivity index (χ1v) is 7.71. The summed E-state index contributed by atoms with van der Waals surface area (Å²) in [6, 6.07) is 2.14. The normalized spacial score (nSPS) is 11.2. The van der Waals surface area contributed by atoms with Crippen molar-refractivity contribution in [3.8, 4) is 0 Å². The van der Waals surface area contributed by atoms with E-state index >= 15 is 0 Å². The summed E-state index contributed by atoms with van der Waals surface area (Å²) in [5.74, 6) is -0.496. The van der Waals surface area contributed by atoms with Crippen LogP contribution in [0.5, 0.6) is 0 Å². The summed E-state index contributed by atoms with van der Waals surface area (Å²) < 4.78 is 23.1. The van der Waals surface area contributed by atoms with E-state index in [1.54, 1.807) is 0 Å². The van der Waals surface area contributed by atoms with Crippen LogP contribution in [-0.2, 0) is 10.0 Å². The van der Waals surface area contributed by atoms with Crippen molar-refractivity contribution in [1.29, 1.82) is 0 Å². The highest BCUT2D eigenvalue weighted by Crippen LogP contribution is 2.27. The van der Waals surface area contributed by atoms with Gasteiger partial charge in [-0.2, -0.15) is 0 Å². The van der Waals surface area contributed by atoms with Crippen LogP contribution in [0.4, 0.5) is 5.69 Å². The summed E-state index contributed by atoms with van der Waals surface area (Å²) in [5.41, 5.74) is -0.612. The first kappa shape index (κ1) is 17.1. The summed E-state index contributed by atoms with van der Waals surface area (Å²) >= 11 is 0. The Labute approximate surface area is 122 Å². The first-order chi connectivity index (χ1) is 9.59. The maximum absolute atomic E-state index is 12.2. The standard InChI is InChI=1S/C12H17N3O5S/c1-4-5-14(3)12(16)9-6-10(15(17)18)8(2)11(7-9)21(13,19)20/h6-7H,4-5H2,1-3H3,(H2,13,19,20). The molecule has 1 amide bonds. The molecule has 1 rings (SSSR count). The molecular formula is C12H17N3O5S. The topological polar surface area (TPSA) is 124 Å². The highest BCUT2D eigenvalue weighted by molar-refractivity contribution is 7.89. The Morgan fingerprint density at radius 1 is 1.43 bits per heavy atom. The maximum Gasteiger partial charge on any atom is 0.274 e. The Morgan fingerprint density at radius 3 is 2.43 bits per heavy atom. The third-order valence-electron chi connectivity index (χ3n) is 2.99. The van der Waals surface area contributed by atoms with Gasteiger partial charge in [-0.15, -0.1) is 0 Å². The Balaban J connectivity index is 3.52. The minimum atomic E-state index is -4.16. The van der Waals surface area contributed by atoms with E-state index in [2.05, 4.69) is 0 Å². The molecule has 116 valence electrons. The second-order valence-corrected chi connectivity index (χ2v) is 6.18. The zero-order chi connectivity index (χ0) is 16.4. The summed E-state index contributed by atoms with van der Waals surface area (Å²) in [7, 11) is -2.62. The van der Waals surface area contributed by atoms with Crippen LogP contribution in [0.1, 0.15) is 29.3 Å². The van der Waals surface area contributed by atoms with Crippen molar-refractivity contribution in [3.63, 3.8) is 0 Å². The van der Waals surface area contributed by atoms with E-state index in [1.165, 1.54) is 18.9 Å². The third-order valence-corrected chi connectivity index (χ3v) is 4.03. The average Bonchev–Trinajstić information content (AvgIpc) is 2.36. The molecule has 0 saturated carbocycles. The zero-order valence-electron chi connectivity index (χ0n) is 12.0. The van der Waals surface area contributed by atoms with E-state index in [-0.39, 0.29) is 11.1 Å². The highest BCUT2D eigenvalue weighted by Gasteiger charge is 2.25. The molecule has 0 radical (unpaired) electrons. The molecule has 2 N–H and O–H groups in total. The van der Waals surface area contributed by atoms with Gasteiger partial charge in [0.1, 0.15) is 0 Å². The summed E-state index contributed by atoms with van der Waals surface area (Å²) in [5, 5.41) is 16.1.